The van der Waals surface area contributed by atoms with Crippen molar-refractivity contribution in [2.45, 2.75) is 13.3 Å². The molecule has 0 aromatic carbocycles. The van der Waals surface area contributed by atoms with Crippen molar-refractivity contribution in [1.82, 2.24) is 9.38 Å². The molecule has 2 heterocycles. The van der Waals surface area contributed by atoms with Gasteiger partial charge in [-0.3, -0.25) is 4.40 Å². The number of thiazole rings is 1. The predicted octanol–water partition coefficient (Wildman–Crippen LogP) is 1.89. The number of aryl methyl sites for hydroxylation is 1. The molecule has 0 bridgehead atoms. The van der Waals surface area contributed by atoms with Crippen LogP contribution in [0.3, 0.4) is 0 Å². The monoisotopic (exact) mass is 196 g/mol. The Balaban J connectivity index is 2.39. The van der Waals surface area contributed by atoms with Crippen LogP contribution in [0.1, 0.15) is 11.4 Å². The van der Waals surface area contributed by atoms with Crippen LogP contribution in [0.15, 0.2) is 11.6 Å². The van der Waals surface area contributed by atoms with Crippen molar-refractivity contribution in [3.63, 3.8) is 0 Å². The molecule has 2 aromatic rings. The molecule has 0 aliphatic heterocycles. The Bertz CT molecular complexity index is 405. The lowest BCUT2D eigenvalue weighted by Gasteiger charge is -1.99. The van der Waals surface area contributed by atoms with Crippen molar-refractivity contribution in [3.05, 3.63) is 23.0 Å². The van der Waals surface area contributed by atoms with Crippen molar-refractivity contribution < 1.29 is 4.74 Å². The summed E-state index contributed by atoms with van der Waals surface area (Å²) < 4.78 is 7.20. The van der Waals surface area contributed by atoms with E-state index in [-0.39, 0.29) is 0 Å². The third kappa shape index (κ3) is 1.47. The highest BCUT2D eigenvalue weighted by Gasteiger charge is 2.08. The van der Waals surface area contributed by atoms with E-state index in [2.05, 4.69) is 21.0 Å². The summed E-state index contributed by atoms with van der Waals surface area (Å²) in [4.78, 5) is 5.52. The predicted molar refractivity (Wildman–Crippen MR) is 53.4 cm³/mol. The Morgan fingerprint density at radius 2 is 2.46 bits per heavy atom. The summed E-state index contributed by atoms with van der Waals surface area (Å²) in [5.74, 6) is 0. The Labute approximate surface area is 81.0 Å². The molecule has 2 rings (SSSR count). The fourth-order valence-corrected chi connectivity index (χ4v) is 2.22. The van der Waals surface area contributed by atoms with Gasteiger partial charge in [-0.25, -0.2) is 4.98 Å². The van der Waals surface area contributed by atoms with Gasteiger partial charge in [0, 0.05) is 30.8 Å². The summed E-state index contributed by atoms with van der Waals surface area (Å²) in [5, 5.41) is 2.05. The minimum atomic E-state index is 0.754. The molecule has 0 saturated heterocycles. The lowest BCUT2D eigenvalue weighted by atomic mass is 10.3. The lowest BCUT2D eigenvalue weighted by Crippen LogP contribution is -1.99. The zero-order chi connectivity index (χ0) is 9.26. The van der Waals surface area contributed by atoms with Gasteiger partial charge in [-0.05, 0) is 6.92 Å². The maximum absolute atomic E-state index is 5.06. The first kappa shape index (κ1) is 8.72. The van der Waals surface area contributed by atoms with Gasteiger partial charge in [0.05, 0.1) is 12.3 Å². The van der Waals surface area contributed by atoms with Gasteiger partial charge in [-0.2, -0.15) is 0 Å². The van der Waals surface area contributed by atoms with E-state index >= 15 is 0 Å². The number of nitrogens with zero attached hydrogens (tertiary/aromatic N) is 2. The van der Waals surface area contributed by atoms with Gasteiger partial charge >= 0.3 is 0 Å². The Kier molecular flexibility index (Phi) is 2.33. The minimum Gasteiger partial charge on any atom is -0.384 e. The van der Waals surface area contributed by atoms with E-state index in [1.807, 2.05) is 6.92 Å². The number of aromatic nitrogens is 2. The summed E-state index contributed by atoms with van der Waals surface area (Å²) in [6.07, 6.45) is 2.99. The van der Waals surface area contributed by atoms with E-state index in [1.54, 1.807) is 18.4 Å². The van der Waals surface area contributed by atoms with Crippen molar-refractivity contribution in [1.29, 1.82) is 0 Å². The van der Waals surface area contributed by atoms with Crippen LogP contribution >= 0.6 is 11.3 Å². The number of fused-ring (bicyclic) bond motifs is 1. The highest BCUT2D eigenvalue weighted by atomic mass is 32.1. The standard InChI is InChI=1S/C9H12N2OS/c1-7-8(3-5-12-2)11-4-6-13-9(11)10-7/h4,6H,3,5H2,1-2H3. The number of methoxy groups -OCH3 is 1. The van der Waals surface area contributed by atoms with E-state index in [0.717, 1.165) is 23.7 Å². The average Bonchev–Trinajstić information content (AvgIpc) is 2.62. The molecule has 0 N–H and O–H groups in total. The largest absolute Gasteiger partial charge is 0.384 e. The topological polar surface area (TPSA) is 26.5 Å². The van der Waals surface area contributed by atoms with Crippen LogP contribution in [0.4, 0.5) is 0 Å². The van der Waals surface area contributed by atoms with Crippen LogP contribution in [0, 0.1) is 6.92 Å². The van der Waals surface area contributed by atoms with Crippen molar-refractivity contribution in [2.24, 2.45) is 0 Å². The fraction of sp³-hybridized carbons (Fsp3) is 0.444. The minimum absolute atomic E-state index is 0.754. The first-order valence-corrected chi connectivity index (χ1v) is 5.11. The molecule has 0 aliphatic carbocycles. The number of hydrogen-bond donors (Lipinski definition) is 0. The molecule has 2 aromatic heterocycles. The third-order valence-electron chi connectivity index (χ3n) is 2.10. The maximum atomic E-state index is 5.06. The van der Waals surface area contributed by atoms with Crippen LogP contribution < -0.4 is 0 Å². The van der Waals surface area contributed by atoms with Crippen molar-refractivity contribution in [3.8, 4) is 0 Å². The third-order valence-corrected chi connectivity index (χ3v) is 2.86. The second-order valence-corrected chi connectivity index (χ2v) is 3.82. The Hall–Kier alpha value is -0.870. The zero-order valence-corrected chi connectivity index (χ0v) is 8.60. The van der Waals surface area contributed by atoms with Gasteiger partial charge in [-0.15, -0.1) is 11.3 Å². The quantitative estimate of drug-likeness (QED) is 0.749. The van der Waals surface area contributed by atoms with E-state index in [4.69, 9.17) is 4.74 Å². The summed E-state index contributed by atoms with van der Waals surface area (Å²) in [7, 11) is 1.72. The fourth-order valence-electron chi connectivity index (χ4n) is 1.44. The van der Waals surface area contributed by atoms with E-state index in [1.165, 1.54) is 5.69 Å². The van der Waals surface area contributed by atoms with Crippen LogP contribution in [-0.4, -0.2) is 23.1 Å². The van der Waals surface area contributed by atoms with Gasteiger partial charge in [-0.1, -0.05) is 0 Å². The molecule has 0 fully saturated rings. The van der Waals surface area contributed by atoms with Crippen LogP contribution in [0.2, 0.25) is 0 Å². The second kappa shape index (κ2) is 3.47. The number of hydrogen-bond acceptors (Lipinski definition) is 3. The molecule has 0 saturated carbocycles. The molecule has 0 radical (unpaired) electrons. The smallest absolute Gasteiger partial charge is 0.194 e. The Morgan fingerprint density at radius 1 is 1.62 bits per heavy atom. The molecular formula is C9H12N2OS. The van der Waals surface area contributed by atoms with Gasteiger partial charge in [0.15, 0.2) is 4.96 Å². The van der Waals surface area contributed by atoms with Gasteiger partial charge < -0.3 is 4.74 Å². The molecule has 0 spiro atoms. The SMILES string of the molecule is COCCc1c(C)nc2sccn12. The number of ether oxygens (including phenoxy) is 1. The molecule has 0 aliphatic rings. The van der Waals surface area contributed by atoms with Crippen LogP contribution in [0.25, 0.3) is 4.96 Å². The lowest BCUT2D eigenvalue weighted by molar-refractivity contribution is 0.201. The molecule has 0 unspecified atom stereocenters. The molecule has 4 heteroatoms. The molecular weight excluding hydrogens is 184 g/mol. The van der Waals surface area contributed by atoms with E-state index in [0.29, 0.717) is 0 Å². The zero-order valence-electron chi connectivity index (χ0n) is 7.78. The molecule has 13 heavy (non-hydrogen) atoms. The van der Waals surface area contributed by atoms with E-state index < -0.39 is 0 Å². The van der Waals surface area contributed by atoms with Crippen molar-refractivity contribution >= 4 is 16.3 Å². The molecule has 70 valence electrons. The maximum Gasteiger partial charge on any atom is 0.194 e. The first-order valence-electron chi connectivity index (χ1n) is 4.23. The van der Waals surface area contributed by atoms with Crippen molar-refractivity contribution in [2.75, 3.05) is 13.7 Å². The van der Waals surface area contributed by atoms with E-state index in [9.17, 15) is 0 Å². The summed E-state index contributed by atoms with van der Waals surface area (Å²) >= 11 is 1.67. The highest BCUT2D eigenvalue weighted by Crippen LogP contribution is 2.16. The number of imidazole rings is 1. The number of rotatable bonds is 3. The normalized spacial score (nSPS) is 11.2. The van der Waals surface area contributed by atoms with Gasteiger partial charge in [0.2, 0.25) is 0 Å². The average molecular weight is 196 g/mol. The Morgan fingerprint density at radius 3 is 3.23 bits per heavy atom. The molecule has 3 nitrogen and oxygen atoms in total. The molecule has 0 atom stereocenters. The second-order valence-electron chi connectivity index (χ2n) is 2.94. The summed E-state index contributed by atoms with van der Waals surface area (Å²) in [6, 6.07) is 0. The van der Waals surface area contributed by atoms with Gasteiger partial charge in [0.25, 0.3) is 0 Å². The highest BCUT2D eigenvalue weighted by molar-refractivity contribution is 7.15. The first-order chi connectivity index (χ1) is 6.33. The van der Waals surface area contributed by atoms with Crippen LogP contribution in [0.5, 0.6) is 0 Å². The summed E-state index contributed by atoms with van der Waals surface area (Å²) in [6.45, 7) is 2.80. The summed E-state index contributed by atoms with van der Waals surface area (Å²) in [5.41, 5.74) is 2.38. The van der Waals surface area contributed by atoms with Gasteiger partial charge in [0.1, 0.15) is 0 Å². The molecule has 0 amide bonds. The van der Waals surface area contributed by atoms with Crippen LogP contribution in [-0.2, 0) is 11.2 Å².